The summed E-state index contributed by atoms with van der Waals surface area (Å²) >= 11 is 7.34. The Balaban J connectivity index is 0.00000289. The van der Waals surface area contributed by atoms with E-state index in [9.17, 15) is 4.79 Å². The molecule has 1 rings (SSSR count). The SMILES string of the molecule is COC(CN)CC(=O)NCCc1ccc(Cl)s1.Cl. The molecule has 0 radical (unpaired) electrons. The van der Waals surface area contributed by atoms with Crippen molar-refractivity contribution in [2.24, 2.45) is 5.73 Å². The molecule has 1 heterocycles. The fraction of sp³-hybridized carbons (Fsp3) is 0.545. The minimum Gasteiger partial charge on any atom is -0.380 e. The van der Waals surface area contributed by atoms with Crippen molar-refractivity contribution in [2.45, 2.75) is 18.9 Å². The molecule has 0 aliphatic rings. The van der Waals surface area contributed by atoms with Crippen LogP contribution in [0, 0.1) is 0 Å². The van der Waals surface area contributed by atoms with Crippen LogP contribution in [-0.2, 0) is 16.0 Å². The number of carbonyl (C=O) groups excluding carboxylic acids is 1. The summed E-state index contributed by atoms with van der Waals surface area (Å²) in [5.41, 5.74) is 5.44. The van der Waals surface area contributed by atoms with E-state index < -0.39 is 0 Å². The zero-order valence-corrected chi connectivity index (χ0v) is 12.5. The number of carbonyl (C=O) groups is 1. The summed E-state index contributed by atoms with van der Waals surface area (Å²) in [4.78, 5) is 12.7. The number of rotatable bonds is 7. The number of methoxy groups -OCH3 is 1. The summed E-state index contributed by atoms with van der Waals surface area (Å²) in [7, 11) is 1.55. The lowest BCUT2D eigenvalue weighted by Gasteiger charge is -2.12. The fourth-order valence-corrected chi connectivity index (χ4v) is 2.44. The lowest BCUT2D eigenvalue weighted by molar-refractivity contribution is -0.123. The van der Waals surface area contributed by atoms with E-state index in [1.807, 2.05) is 12.1 Å². The van der Waals surface area contributed by atoms with Gasteiger partial charge in [-0.1, -0.05) is 11.6 Å². The molecule has 0 aromatic carbocycles. The van der Waals surface area contributed by atoms with Gasteiger partial charge in [0.05, 0.1) is 16.9 Å². The van der Waals surface area contributed by atoms with Crippen molar-refractivity contribution in [3.05, 3.63) is 21.3 Å². The van der Waals surface area contributed by atoms with E-state index in [0.717, 1.165) is 15.6 Å². The Morgan fingerprint density at radius 3 is 2.83 bits per heavy atom. The third-order valence-corrected chi connectivity index (χ3v) is 3.62. The minimum absolute atomic E-state index is 0. The van der Waals surface area contributed by atoms with E-state index in [1.165, 1.54) is 11.3 Å². The predicted octanol–water partition coefficient (Wildman–Crippen LogP) is 1.85. The molecule has 1 aromatic rings. The molecular weight excluding hydrogens is 295 g/mol. The zero-order chi connectivity index (χ0) is 12.7. The van der Waals surface area contributed by atoms with E-state index in [0.29, 0.717) is 19.5 Å². The van der Waals surface area contributed by atoms with Gasteiger partial charge in [0.2, 0.25) is 5.91 Å². The second-order valence-electron chi connectivity index (χ2n) is 3.60. The molecule has 3 N–H and O–H groups in total. The minimum atomic E-state index is -0.203. The molecule has 1 unspecified atom stereocenters. The lowest BCUT2D eigenvalue weighted by Crippen LogP contribution is -2.33. The van der Waals surface area contributed by atoms with Gasteiger partial charge in [-0.2, -0.15) is 0 Å². The maximum absolute atomic E-state index is 11.5. The van der Waals surface area contributed by atoms with Crippen molar-refractivity contribution in [3.63, 3.8) is 0 Å². The molecule has 1 amide bonds. The van der Waals surface area contributed by atoms with E-state index >= 15 is 0 Å². The summed E-state index contributed by atoms with van der Waals surface area (Å²) in [6.07, 6.45) is 0.896. The maximum Gasteiger partial charge on any atom is 0.222 e. The van der Waals surface area contributed by atoms with Crippen LogP contribution in [-0.4, -0.2) is 32.2 Å². The maximum atomic E-state index is 11.5. The first-order chi connectivity index (χ1) is 8.15. The Hall–Kier alpha value is -0.330. The predicted molar refractivity (Wildman–Crippen MR) is 77.8 cm³/mol. The van der Waals surface area contributed by atoms with Gasteiger partial charge >= 0.3 is 0 Å². The van der Waals surface area contributed by atoms with Gasteiger partial charge in [0.25, 0.3) is 0 Å². The summed E-state index contributed by atoms with van der Waals surface area (Å²) < 4.78 is 5.81. The van der Waals surface area contributed by atoms with E-state index in [2.05, 4.69) is 5.32 Å². The third-order valence-electron chi connectivity index (χ3n) is 2.33. The van der Waals surface area contributed by atoms with Gasteiger partial charge in [0.15, 0.2) is 0 Å². The topological polar surface area (TPSA) is 64.3 Å². The highest BCUT2D eigenvalue weighted by molar-refractivity contribution is 7.16. The molecule has 18 heavy (non-hydrogen) atoms. The van der Waals surface area contributed by atoms with Gasteiger partial charge in [0, 0.05) is 25.1 Å². The van der Waals surface area contributed by atoms with E-state index in [-0.39, 0.29) is 24.4 Å². The molecule has 0 bridgehead atoms. The molecule has 0 aliphatic heterocycles. The Morgan fingerprint density at radius 2 is 2.33 bits per heavy atom. The number of thiophene rings is 1. The van der Waals surface area contributed by atoms with Crippen LogP contribution < -0.4 is 11.1 Å². The summed E-state index contributed by atoms with van der Waals surface area (Å²) in [5.74, 6) is -0.0371. The number of nitrogens with two attached hydrogens (primary N) is 1. The summed E-state index contributed by atoms with van der Waals surface area (Å²) in [5, 5.41) is 2.83. The number of hydrogen-bond donors (Lipinski definition) is 2. The van der Waals surface area contributed by atoms with Crippen molar-refractivity contribution in [2.75, 3.05) is 20.2 Å². The number of halogens is 2. The molecule has 0 aliphatic carbocycles. The standard InChI is InChI=1S/C11H17ClN2O2S.ClH/c1-16-8(7-13)6-11(15)14-5-4-9-2-3-10(12)17-9;/h2-3,8H,4-7,13H2,1H3,(H,14,15);1H. The largest absolute Gasteiger partial charge is 0.380 e. The Labute approximate surface area is 122 Å². The van der Waals surface area contributed by atoms with Crippen LogP contribution in [0.15, 0.2) is 12.1 Å². The molecule has 7 heteroatoms. The highest BCUT2D eigenvalue weighted by atomic mass is 35.5. The molecule has 0 spiro atoms. The van der Waals surface area contributed by atoms with E-state index in [1.54, 1.807) is 7.11 Å². The molecule has 0 saturated carbocycles. The second kappa shape index (κ2) is 9.58. The molecule has 0 fully saturated rings. The number of nitrogens with one attached hydrogen (secondary N) is 1. The van der Waals surface area contributed by atoms with Crippen LogP contribution in [0.1, 0.15) is 11.3 Å². The van der Waals surface area contributed by atoms with Crippen LogP contribution in [0.2, 0.25) is 4.34 Å². The number of amides is 1. The zero-order valence-electron chi connectivity index (χ0n) is 10.1. The first kappa shape index (κ1) is 17.7. The Morgan fingerprint density at radius 1 is 1.61 bits per heavy atom. The van der Waals surface area contributed by atoms with Crippen molar-refractivity contribution in [1.29, 1.82) is 0 Å². The van der Waals surface area contributed by atoms with Gasteiger partial charge in [-0.15, -0.1) is 23.7 Å². The van der Waals surface area contributed by atoms with Crippen molar-refractivity contribution >= 4 is 41.3 Å². The highest BCUT2D eigenvalue weighted by Crippen LogP contribution is 2.21. The molecule has 1 atom stereocenters. The Bertz CT molecular complexity index is 357. The normalized spacial score (nSPS) is 11.7. The van der Waals surface area contributed by atoms with Crippen LogP contribution in [0.25, 0.3) is 0 Å². The lowest BCUT2D eigenvalue weighted by atomic mass is 10.2. The second-order valence-corrected chi connectivity index (χ2v) is 5.40. The number of hydrogen-bond acceptors (Lipinski definition) is 4. The smallest absolute Gasteiger partial charge is 0.222 e. The highest BCUT2D eigenvalue weighted by Gasteiger charge is 2.10. The molecule has 4 nitrogen and oxygen atoms in total. The molecule has 1 aromatic heterocycles. The van der Waals surface area contributed by atoms with Gasteiger partial charge < -0.3 is 15.8 Å². The first-order valence-electron chi connectivity index (χ1n) is 5.39. The van der Waals surface area contributed by atoms with Gasteiger partial charge in [-0.05, 0) is 18.6 Å². The number of ether oxygens (including phenoxy) is 1. The quantitative estimate of drug-likeness (QED) is 0.807. The van der Waals surface area contributed by atoms with Gasteiger partial charge in [-0.3, -0.25) is 4.79 Å². The average Bonchev–Trinajstić information content (AvgIpc) is 2.72. The average molecular weight is 313 g/mol. The van der Waals surface area contributed by atoms with Gasteiger partial charge in [-0.25, -0.2) is 0 Å². The fourth-order valence-electron chi connectivity index (χ4n) is 1.35. The monoisotopic (exact) mass is 312 g/mol. The molecule has 104 valence electrons. The van der Waals surface area contributed by atoms with Crippen molar-refractivity contribution in [1.82, 2.24) is 5.32 Å². The van der Waals surface area contributed by atoms with Crippen LogP contribution in [0.3, 0.4) is 0 Å². The summed E-state index contributed by atoms with van der Waals surface area (Å²) in [6, 6.07) is 3.83. The summed E-state index contributed by atoms with van der Waals surface area (Å²) in [6.45, 7) is 0.959. The van der Waals surface area contributed by atoms with Crippen LogP contribution in [0.5, 0.6) is 0 Å². The van der Waals surface area contributed by atoms with E-state index in [4.69, 9.17) is 22.1 Å². The van der Waals surface area contributed by atoms with Gasteiger partial charge in [0.1, 0.15) is 0 Å². The molecule has 0 saturated heterocycles. The molecular formula is C11H18Cl2N2O2S. The van der Waals surface area contributed by atoms with Crippen molar-refractivity contribution < 1.29 is 9.53 Å². The third kappa shape index (κ3) is 6.56. The first-order valence-corrected chi connectivity index (χ1v) is 6.59. The van der Waals surface area contributed by atoms with Crippen LogP contribution in [0.4, 0.5) is 0 Å². The Kier molecular flexibility index (Phi) is 9.40. The van der Waals surface area contributed by atoms with Crippen LogP contribution >= 0.6 is 35.3 Å². The van der Waals surface area contributed by atoms with Crippen molar-refractivity contribution in [3.8, 4) is 0 Å².